The maximum absolute atomic E-state index is 9.89. The first-order valence-corrected chi connectivity index (χ1v) is 10.8. The van der Waals surface area contributed by atoms with E-state index in [2.05, 4.69) is 9.98 Å². The summed E-state index contributed by atoms with van der Waals surface area (Å²) in [6.07, 6.45) is 2.05. The number of aliphatic carboxylic acids is 1. The van der Waals surface area contributed by atoms with Crippen molar-refractivity contribution in [1.82, 2.24) is 0 Å². The van der Waals surface area contributed by atoms with Gasteiger partial charge < -0.3 is 5.11 Å². The molecule has 0 amide bonds. The Morgan fingerprint density at radius 1 is 0.935 bits per heavy atom. The molecule has 4 nitrogen and oxygen atoms in total. The van der Waals surface area contributed by atoms with Gasteiger partial charge in [-0.25, -0.2) is 0 Å². The number of carbonyl (C=O) groups is 1. The minimum Gasteiger partial charge on any atom is -0.481 e. The summed E-state index contributed by atoms with van der Waals surface area (Å²) in [6.45, 7) is 7.71. The molecule has 0 aliphatic heterocycles. The maximum atomic E-state index is 9.89. The lowest BCUT2D eigenvalue weighted by atomic mass is 10.0. The lowest BCUT2D eigenvalue weighted by Gasteiger charge is -2.07. The third-order valence-corrected chi connectivity index (χ3v) is 4.69. The van der Waals surface area contributed by atoms with Gasteiger partial charge in [0.1, 0.15) is 0 Å². The molecule has 0 spiro atoms. The maximum Gasteiger partial charge on any atom is 0.309 e. The molecule has 0 saturated heterocycles. The molecule has 0 unspecified atom stereocenters. The van der Waals surface area contributed by atoms with Crippen molar-refractivity contribution in [1.29, 1.82) is 0 Å². The largest absolute Gasteiger partial charge is 0.481 e. The third kappa shape index (κ3) is 11.2. The predicted molar refractivity (Wildman–Crippen MR) is 137 cm³/mol. The minimum atomic E-state index is -0.826. The number of rotatable bonds is 5. The van der Waals surface area contributed by atoms with E-state index >= 15 is 0 Å². The van der Waals surface area contributed by atoms with Crippen molar-refractivity contribution >= 4 is 57.8 Å². The molecule has 0 aromatic heterocycles. The van der Waals surface area contributed by atoms with Crippen molar-refractivity contribution in [3.8, 4) is 0 Å². The van der Waals surface area contributed by atoms with Crippen LogP contribution in [0.4, 0.5) is 0 Å². The van der Waals surface area contributed by atoms with Crippen LogP contribution in [-0.4, -0.2) is 36.6 Å². The number of benzene rings is 2. The van der Waals surface area contributed by atoms with Gasteiger partial charge in [-0.05, 0) is 61.4 Å². The summed E-state index contributed by atoms with van der Waals surface area (Å²) in [5.41, 5.74) is 4.49. The molecule has 0 aliphatic carbocycles. The summed E-state index contributed by atoms with van der Waals surface area (Å²) in [4.78, 5) is 17.9. The molecular formula is C24H29Cl3N2O2. The van der Waals surface area contributed by atoms with Crippen LogP contribution in [0.1, 0.15) is 45.2 Å². The van der Waals surface area contributed by atoms with Crippen molar-refractivity contribution in [3.63, 3.8) is 0 Å². The highest BCUT2D eigenvalue weighted by molar-refractivity contribution is 6.37. The van der Waals surface area contributed by atoms with Gasteiger partial charge in [0.05, 0.1) is 17.2 Å². The van der Waals surface area contributed by atoms with Gasteiger partial charge in [0.2, 0.25) is 0 Å². The second-order valence-electron chi connectivity index (χ2n) is 6.10. The summed E-state index contributed by atoms with van der Waals surface area (Å²) in [5.74, 6) is -0.826. The second kappa shape index (κ2) is 15.6. The third-order valence-electron chi connectivity index (χ3n) is 3.89. The van der Waals surface area contributed by atoms with E-state index in [1.807, 2.05) is 57.2 Å². The monoisotopic (exact) mass is 482 g/mol. The predicted octanol–water partition coefficient (Wildman–Crippen LogP) is 7.75. The zero-order chi connectivity index (χ0) is 24.0. The van der Waals surface area contributed by atoms with Crippen LogP contribution in [-0.2, 0) is 4.79 Å². The van der Waals surface area contributed by atoms with Gasteiger partial charge in [-0.15, -0.1) is 0 Å². The molecule has 2 aromatic carbocycles. The first-order valence-electron chi connectivity index (χ1n) is 9.68. The zero-order valence-corrected chi connectivity index (χ0v) is 21.0. The molecule has 0 saturated carbocycles. The van der Waals surface area contributed by atoms with E-state index in [0.717, 1.165) is 27.4 Å². The first-order chi connectivity index (χ1) is 14.7. The van der Waals surface area contributed by atoms with Gasteiger partial charge in [-0.1, -0.05) is 60.8 Å². The van der Waals surface area contributed by atoms with E-state index < -0.39 is 5.97 Å². The number of carboxylic acids is 1. The van der Waals surface area contributed by atoms with Gasteiger partial charge in [-0.3, -0.25) is 14.8 Å². The van der Waals surface area contributed by atoms with Gasteiger partial charge in [-0.2, -0.15) is 0 Å². The Hall–Kier alpha value is -2.14. The van der Waals surface area contributed by atoms with Gasteiger partial charge in [0.25, 0.3) is 0 Å². The second-order valence-corrected chi connectivity index (χ2v) is 7.38. The van der Waals surface area contributed by atoms with E-state index in [4.69, 9.17) is 39.9 Å². The van der Waals surface area contributed by atoms with Crippen LogP contribution in [0, 0.1) is 0 Å². The minimum absolute atomic E-state index is 0.0521. The molecule has 0 aliphatic rings. The Kier molecular flexibility index (Phi) is 14.6. The molecule has 0 radical (unpaired) electrons. The van der Waals surface area contributed by atoms with Crippen LogP contribution in [0.5, 0.6) is 0 Å². The number of hydrogen-bond acceptors (Lipinski definition) is 3. The average molecular weight is 484 g/mol. The van der Waals surface area contributed by atoms with E-state index in [9.17, 15) is 4.79 Å². The van der Waals surface area contributed by atoms with Crippen LogP contribution in [0.2, 0.25) is 15.1 Å². The Bertz CT molecular complexity index is 934. The van der Waals surface area contributed by atoms with Crippen LogP contribution < -0.4 is 0 Å². The molecule has 0 bridgehead atoms. The van der Waals surface area contributed by atoms with E-state index in [1.54, 1.807) is 33.2 Å². The first kappa shape index (κ1) is 28.9. The van der Waals surface area contributed by atoms with Crippen molar-refractivity contribution in [2.45, 2.75) is 34.1 Å². The molecule has 168 valence electrons. The summed E-state index contributed by atoms with van der Waals surface area (Å²) in [5, 5.41) is 10.0. The number of halogens is 3. The lowest BCUT2D eigenvalue weighted by Crippen LogP contribution is -2.01. The molecule has 0 atom stereocenters. The molecule has 7 heteroatoms. The molecule has 2 aromatic rings. The highest BCUT2D eigenvalue weighted by atomic mass is 35.5. The number of hydrogen-bond donors (Lipinski definition) is 1. The molecule has 0 fully saturated rings. The fourth-order valence-corrected chi connectivity index (χ4v) is 2.89. The van der Waals surface area contributed by atoms with Gasteiger partial charge in [0.15, 0.2) is 0 Å². The van der Waals surface area contributed by atoms with E-state index in [1.165, 1.54) is 0 Å². The molecule has 2 rings (SSSR count). The fourth-order valence-electron chi connectivity index (χ4n) is 2.26. The summed E-state index contributed by atoms with van der Waals surface area (Å²) < 4.78 is 0. The van der Waals surface area contributed by atoms with E-state index in [0.29, 0.717) is 15.8 Å². The van der Waals surface area contributed by atoms with Gasteiger partial charge >= 0.3 is 5.97 Å². The fraction of sp³-hybridized carbons (Fsp3) is 0.292. The smallest absolute Gasteiger partial charge is 0.309 e. The summed E-state index contributed by atoms with van der Waals surface area (Å²) in [6, 6.07) is 13.1. The summed E-state index contributed by atoms with van der Waals surface area (Å²) in [7, 11) is 3.32. The highest BCUT2D eigenvalue weighted by Gasteiger charge is 2.07. The van der Waals surface area contributed by atoms with Crippen LogP contribution in [0.25, 0.3) is 5.57 Å². The van der Waals surface area contributed by atoms with Crippen molar-refractivity contribution in [2.24, 2.45) is 9.98 Å². The zero-order valence-electron chi connectivity index (χ0n) is 18.7. The SMILES string of the molecule is CC.CN=C(/C=C(\C)c1ccc(Cl)cc1)c1ccc(Cl)cc1Cl.CN=C(C)CC(=O)O. The molecule has 31 heavy (non-hydrogen) atoms. The molecule has 1 N–H and O–H groups in total. The number of carboxylic acid groups (broad SMARTS) is 1. The average Bonchev–Trinajstić information content (AvgIpc) is 2.74. The molecule has 0 heterocycles. The Morgan fingerprint density at radius 3 is 1.90 bits per heavy atom. The standard InChI is InChI=1S/C17H14Cl3N.C5H9NO2.C2H6/c1-11(12-3-5-13(18)6-4-12)9-17(21-2)15-8-7-14(19)10-16(15)20;1-4(6-2)3-5(7)8;1-2/h3-10H,1-2H3;3H2,1-2H3,(H,7,8);1-2H3/b11-9+,21-17?;;. The number of nitrogens with zero attached hydrogens (tertiary/aromatic N) is 2. The van der Waals surface area contributed by atoms with E-state index in [-0.39, 0.29) is 6.42 Å². The van der Waals surface area contributed by atoms with Crippen LogP contribution in [0.3, 0.4) is 0 Å². The number of allylic oxidation sites excluding steroid dienone is 2. The normalized spacial score (nSPS) is 11.7. The number of aliphatic imine (C=N–C) groups is 2. The van der Waals surface area contributed by atoms with Gasteiger partial charge in [0, 0.05) is 35.4 Å². The van der Waals surface area contributed by atoms with Crippen molar-refractivity contribution in [2.75, 3.05) is 14.1 Å². The van der Waals surface area contributed by atoms with Crippen molar-refractivity contribution in [3.05, 3.63) is 74.7 Å². The highest BCUT2D eigenvalue weighted by Crippen LogP contribution is 2.24. The quantitative estimate of drug-likeness (QED) is 0.442. The topological polar surface area (TPSA) is 62.0 Å². The van der Waals surface area contributed by atoms with Crippen LogP contribution in [0.15, 0.2) is 58.5 Å². The lowest BCUT2D eigenvalue weighted by molar-refractivity contribution is -0.135. The Morgan fingerprint density at radius 2 is 1.48 bits per heavy atom. The van der Waals surface area contributed by atoms with Crippen LogP contribution >= 0.6 is 34.8 Å². The molecular weight excluding hydrogens is 455 g/mol. The Balaban J connectivity index is 0.000000762. The Labute approximate surface area is 200 Å². The summed E-state index contributed by atoms with van der Waals surface area (Å²) >= 11 is 18.1. The van der Waals surface area contributed by atoms with Crippen molar-refractivity contribution < 1.29 is 9.90 Å².